The maximum absolute atomic E-state index is 13.0. The molecule has 0 unspecified atom stereocenters. The van der Waals surface area contributed by atoms with Crippen molar-refractivity contribution in [1.29, 1.82) is 0 Å². The number of carbonyl (C=O) groups is 3. The summed E-state index contributed by atoms with van der Waals surface area (Å²) in [5, 5.41) is 3.20. The molecule has 0 radical (unpaired) electrons. The smallest absolute Gasteiger partial charge is 0.325 e. The van der Waals surface area contributed by atoms with Crippen molar-refractivity contribution in [3.05, 3.63) is 33.8 Å². The van der Waals surface area contributed by atoms with Crippen LogP contribution in [0, 0.1) is 0 Å². The van der Waals surface area contributed by atoms with Crippen LogP contribution in [0.1, 0.15) is 25.8 Å². The van der Waals surface area contributed by atoms with Gasteiger partial charge in [0, 0.05) is 28.2 Å². The van der Waals surface area contributed by atoms with E-state index in [1.807, 2.05) is 0 Å². The molecule has 0 spiro atoms. The van der Waals surface area contributed by atoms with E-state index in [-0.39, 0.29) is 23.1 Å². The molecule has 2 aliphatic rings. The van der Waals surface area contributed by atoms with E-state index < -0.39 is 45.8 Å². The Bertz CT molecular complexity index is 984. The highest BCUT2D eigenvalue weighted by atomic mass is 35.5. The summed E-state index contributed by atoms with van der Waals surface area (Å²) < 4.78 is 23.5. The molecule has 2 heterocycles. The number of nitrogens with zero attached hydrogens (tertiary/aromatic N) is 2. The summed E-state index contributed by atoms with van der Waals surface area (Å²) >= 11 is 12.1. The Labute approximate surface area is 179 Å². The summed E-state index contributed by atoms with van der Waals surface area (Å²) in [7, 11) is -3.17. The number of carbonyl (C=O) groups excluding carboxylic acids is 3. The number of imide groups is 1. The van der Waals surface area contributed by atoms with Gasteiger partial charge in [0.2, 0.25) is 5.91 Å². The number of urea groups is 1. The van der Waals surface area contributed by atoms with Gasteiger partial charge >= 0.3 is 6.03 Å². The molecule has 11 heteroatoms. The third-order valence-corrected chi connectivity index (χ3v) is 7.65. The molecule has 0 aromatic heterocycles. The lowest BCUT2D eigenvalue weighted by atomic mass is 9.92. The zero-order chi connectivity index (χ0) is 21.6. The summed E-state index contributed by atoms with van der Waals surface area (Å²) in [5.41, 5.74) is -1.07. The fourth-order valence-electron chi connectivity index (χ4n) is 3.80. The Hall–Kier alpha value is -1.84. The second-order valence-corrected chi connectivity index (χ2v) is 10.4. The normalized spacial score (nSPS) is 25.9. The number of sulfone groups is 1. The van der Waals surface area contributed by atoms with Crippen LogP contribution >= 0.6 is 23.2 Å². The maximum Gasteiger partial charge on any atom is 0.325 e. The zero-order valence-corrected chi connectivity index (χ0v) is 18.3. The van der Waals surface area contributed by atoms with Crippen molar-refractivity contribution in [2.75, 3.05) is 24.6 Å². The molecule has 0 saturated carbocycles. The second kappa shape index (κ2) is 7.77. The standard InChI is InChI=1S/C18H21Cl2N3O5S/c1-3-22(12-6-7-29(27,28)10-12)15(24)9-23-16(25)18(2,21-17(23)26)13-5-4-11(19)8-14(13)20/h4-5,8,12H,3,6-7,9-10H2,1-2H3,(H,21,26)/t12-,18-/m0/s1. The Morgan fingerprint density at radius 3 is 2.59 bits per heavy atom. The summed E-state index contributed by atoms with van der Waals surface area (Å²) in [4.78, 5) is 40.5. The third-order valence-electron chi connectivity index (χ3n) is 5.35. The predicted molar refractivity (Wildman–Crippen MR) is 109 cm³/mol. The molecule has 1 aromatic rings. The van der Waals surface area contributed by atoms with Gasteiger partial charge in [0.25, 0.3) is 5.91 Å². The molecule has 1 aromatic carbocycles. The second-order valence-electron chi connectivity index (χ2n) is 7.31. The molecule has 2 atom stereocenters. The van der Waals surface area contributed by atoms with Gasteiger partial charge < -0.3 is 10.2 Å². The quantitative estimate of drug-likeness (QED) is 0.673. The first-order valence-electron chi connectivity index (χ1n) is 9.08. The van der Waals surface area contributed by atoms with E-state index in [1.54, 1.807) is 19.1 Å². The van der Waals surface area contributed by atoms with Crippen molar-refractivity contribution in [2.45, 2.75) is 31.8 Å². The van der Waals surface area contributed by atoms with Crippen LogP contribution in [0.5, 0.6) is 0 Å². The fourth-order valence-corrected chi connectivity index (χ4v) is 6.13. The van der Waals surface area contributed by atoms with Gasteiger partial charge in [-0.2, -0.15) is 0 Å². The fraction of sp³-hybridized carbons (Fsp3) is 0.500. The first-order valence-corrected chi connectivity index (χ1v) is 11.7. The number of rotatable bonds is 5. The average Bonchev–Trinajstić information content (AvgIpc) is 3.07. The molecule has 0 aliphatic carbocycles. The first kappa shape index (κ1) is 21.9. The third kappa shape index (κ3) is 4.08. The van der Waals surface area contributed by atoms with Crippen molar-refractivity contribution in [2.24, 2.45) is 0 Å². The van der Waals surface area contributed by atoms with Crippen LogP contribution in [0.2, 0.25) is 10.0 Å². The summed E-state index contributed by atoms with van der Waals surface area (Å²) in [6.45, 7) is 3.04. The summed E-state index contributed by atoms with van der Waals surface area (Å²) in [6.07, 6.45) is 0.347. The number of benzene rings is 1. The lowest BCUT2D eigenvalue weighted by Gasteiger charge is -2.28. The highest BCUT2D eigenvalue weighted by Gasteiger charge is 2.51. The van der Waals surface area contributed by atoms with Gasteiger partial charge in [-0.3, -0.25) is 14.5 Å². The van der Waals surface area contributed by atoms with E-state index in [0.29, 0.717) is 17.0 Å². The number of hydrogen-bond donors (Lipinski definition) is 1. The number of likely N-dealkylation sites (N-methyl/N-ethyl adjacent to an activating group) is 1. The maximum atomic E-state index is 13.0. The topological polar surface area (TPSA) is 104 Å². The Morgan fingerprint density at radius 1 is 1.34 bits per heavy atom. The van der Waals surface area contributed by atoms with Crippen molar-refractivity contribution in [3.8, 4) is 0 Å². The van der Waals surface area contributed by atoms with Gasteiger partial charge in [0.05, 0.1) is 11.5 Å². The zero-order valence-electron chi connectivity index (χ0n) is 15.9. The van der Waals surface area contributed by atoms with Crippen molar-refractivity contribution >= 4 is 50.9 Å². The SMILES string of the molecule is CCN(C(=O)CN1C(=O)N[C@@](C)(c2ccc(Cl)cc2Cl)C1=O)[C@H]1CCS(=O)(=O)C1. The molecule has 2 saturated heterocycles. The van der Waals surface area contributed by atoms with Gasteiger partial charge in [-0.05, 0) is 32.4 Å². The van der Waals surface area contributed by atoms with E-state index in [2.05, 4.69) is 5.32 Å². The molecule has 8 nitrogen and oxygen atoms in total. The molecule has 1 N–H and O–H groups in total. The molecule has 29 heavy (non-hydrogen) atoms. The molecule has 0 bridgehead atoms. The number of amides is 4. The van der Waals surface area contributed by atoms with Crippen molar-refractivity contribution < 1.29 is 22.8 Å². The molecule has 2 aliphatic heterocycles. The van der Waals surface area contributed by atoms with Crippen LogP contribution < -0.4 is 5.32 Å². The summed E-state index contributed by atoms with van der Waals surface area (Å²) in [6, 6.07) is 3.41. The van der Waals surface area contributed by atoms with E-state index >= 15 is 0 Å². The van der Waals surface area contributed by atoms with Crippen molar-refractivity contribution in [3.63, 3.8) is 0 Å². The van der Waals surface area contributed by atoms with E-state index in [9.17, 15) is 22.8 Å². The molecule has 2 fully saturated rings. The van der Waals surface area contributed by atoms with E-state index in [0.717, 1.165) is 4.90 Å². The minimum atomic E-state index is -3.17. The molecule has 4 amide bonds. The lowest BCUT2D eigenvalue weighted by Crippen LogP contribution is -2.48. The van der Waals surface area contributed by atoms with Crippen LogP contribution in [-0.4, -0.2) is 66.7 Å². The molecular formula is C18H21Cl2N3O5S. The lowest BCUT2D eigenvalue weighted by molar-refractivity contribution is -0.139. The number of hydrogen-bond acceptors (Lipinski definition) is 5. The highest BCUT2D eigenvalue weighted by Crippen LogP contribution is 2.35. The van der Waals surface area contributed by atoms with Gasteiger partial charge in [0.15, 0.2) is 9.84 Å². The largest absolute Gasteiger partial charge is 0.337 e. The van der Waals surface area contributed by atoms with Crippen LogP contribution in [-0.2, 0) is 25.0 Å². The predicted octanol–water partition coefficient (Wildman–Crippen LogP) is 1.80. The molecule has 158 valence electrons. The van der Waals surface area contributed by atoms with E-state index in [1.165, 1.54) is 17.9 Å². The van der Waals surface area contributed by atoms with Gasteiger partial charge in [0.1, 0.15) is 12.1 Å². The molecular weight excluding hydrogens is 441 g/mol. The van der Waals surface area contributed by atoms with Gasteiger partial charge in [-0.15, -0.1) is 0 Å². The average molecular weight is 462 g/mol. The Kier molecular flexibility index (Phi) is 5.86. The van der Waals surface area contributed by atoms with Gasteiger partial charge in [-0.1, -0.05) is 29.3 Å². The number of nitrogens with one attached hydrogen (secondary N) is 1. The molecule has 3 rings (SSSR count). The Balaban J connectivity index is 1.80. The minimum absolute atomic E-state index is 0.0255. The van der Waals surface area contributed by atoms with E-state index in [4.69, 9.17) is 23.2 Å². The van der Waals surface area contributed by atoms with Crippen LogP contribution in [0.4, 0.5) is 4.79 Å². The van der Waals surface area contributed by atoms with Crippen LogP contribution in [0.25, 0.3) is 0 Å². The minimum Gasteiger partial charge on any atom is -0.337 e. The highest BCUT2D eigenvalue weighted by molar-refractivity contribution is 7.91. The van der Waals surface area contributed by atoms with Crippen LogP contribution in [0.15, 0.2) is 18.2 Å². The Morgan fingerprint density at radius 2 is 2.03 bits per heavy atom. The first-order chi connectivity index (χ1) is 13.5. The summed E-state index contributed by atoms with van der Waals surface area (Å²) in [5.74, 6) is -1.18. The van der Waals surface area contributed by atoms with Crippen LogP contribution in [0.3, 0.4) is 0 Å². The monoisotopic (exact) mass is 461 g/mol. The van der Waals surface area contributed by atoms with Gasteiger partial charge in [-0.25, -0.2) is 13.2 Å². The number of halogens is 2. The van der Waals surface area contributed by atoms with Crippen molar-refractivity contribution in [1.82, 2.24) is 15.1 Å².